The van der Waals surface area contributed by atoms with Gasteiger partial charge in [-0.05, 0) is 49.1 Å². The highest BCUT2D eigenvalue weighted by Gasteiger charge is 2.33. The van der Waals surface area contributed by atoms with Crippen LogP contribution in [0.2, 0.25) is 0 Å². The van der Waals surface area contributed by atoms with E-state index in [0.717, 1.165) is 19.3 Å². The Morgan fingerprint density at radius 2 is 2.14 bits per heavy atom. The van der Waals surface area contributed by atoms with E-state index in [2.05, 4.69) is 31.2 Å². The van der Waals surface area contributed by atoms with Crippen LogP contribution in [0, 0.1) is 0 Å². The number of rotatable bonds is 7. The van der Waals surface area contributed by atoms with Crippen molar-refractivity contribution >= 4 is 9.03 Å². The lowest BCUT2D eigenvalue weighted by atomic mass is 9.74. The van der Waals surface area contributed by atoms with Crippen LogP contribution in [0.3, 0.4) is 0 Å². The van der Waals surface area contributed by atoms with E-state index in [-0.39, 0.29) is 5.54 Å². The maximum absolute atomic E-state index is 8.85. The quantitative estimate of drug-likeness (QED) is 0.751. The molecule has 1 fully saturated rings. The van der Waals surface area contributed by atoms with E-state index >= 15 is 0 Å². The van der Waals surface area contributed by atoms with Crippen LogP contribution in [0.4, 0.5) is 0 Å². The highest BCUT2D eigenvalue weighted by Crippen LogP contribution is 2.38. The minimum Gasteiger partial charge on any atom is -0.352 e. The van der Waals surface area contributed by atoms with Crippen LogP contribution in [0.1, 0.15) is 62.5 Å². The van der Waals surface area contributed by atoms with Crippen LogP contribution < -0.4 is 5.73 Å². The summed E-state index contributed by atoms with van der Waals surface area (Å²) in [6.45, 7) is 2.69. The smallest absolute Gasteiger partial charge is 0.152 e. The first kappa shape index (κ1) is 16.9. The van der Waals surface area contributed by atoms with Crippen molar-refractivity contribution in [1.82, 2.24) is 0 Å². The van der Waals surface area contributed by atoms with Gasteiger partial charge in [0.15, 0.2) is 9.03 Å². The third-order valence-corrected chi connectivity index (χ3v) is 4.85. The SMILES string of the molecule is CCCCc1ccc(C2CCCC(N)(COPO)C2)cc1. The standard InChI is InChI=1S/C17H28NO2P/c1-2-3-5-14-7-9-15(10-8-14)16-6-4-11-17(18,12-16)13-20-21-19/h7-10,16,19,21H,2-6,11-13,18H2,1H3. The summed E-state index contributed by atoms with van der Waals surface area (Å²) < 4.78 is 5.18. The van der Waals surface area contributed by atoms with Gasteiger partial charge in [-0.3, -0.25) is 0 Å². The number of aryl methyl sites for hydroxylation is 1. The maximum Gasteiger partial charge on any atom is 0.152 e. The molecule has 0 amide bonds. The molecule has 3 nitrogen and oxygen atoms in total. The highest BCUT2D eigenvalue weighted by molar-refractivity contribution is 7.24. The van der Waals surface area contributed by atoms with Crippen LogP contribution >= 0.6 is 9.03 Å². The van der Waals surface area contributed by atoms with Crippen LogP contribution in [0.15, 0.2) is 24.3 Å². The maximum atomic E-state index is 8.85. The number of unbranched alkanes of at least 4 members (excludes halogenated alkanes) is 1. The fraction of sp³-hybridized carbons (Fsp3) is 0.647. The Morgan fingerprint density at radius 3 is 2.81 bits per heavy atom. The lowest BCUT2D eigenvalue weighted by Gasteiger charge is -2.37. The van der Waals surface area contributed by atoms with Crippen molar-refractivity contribution in [3.05, 3.63) is 35.4 Å². The first-order chi connectivity index (χ1) is 10.2. The van der Waals surface area contributed by atoms with Crippen molar-refractivity contribution in [3.8, 4) is 0 Å². The van der Waals surface area contributed by atoms with Gasteiger partial charge < -0.3 is 15.2 Å². The van der Waals surface area contributed by atoms with Gasteiger partial charge in [0, 0.05) is 5.54 Å². The molecule has 0 heterocycles. The van der Waals surface area contributed by atoms with E-state index < -0.39 is 9.03 Å². The van der Waals surface area contributed by atoms with E-state index in [1.807, 2.05) is 0 Å². The second-order valence-electron chi connectivity index (χ2n) is 6.38. The van der Waals surface area contributed by atoms with Gasteiger partial charge in [0.2, 0.25) is 0 Å². The summed E-state index contributed by atoms with van der Waals surface area (Å²) in [4.78, 5) is 8.85. The molecular weight excluding hydrogens is 281 g/mol. The lowest BCUT2D eigenvalue weighted by Crippen LogP contribution is -2.47. The molecular formula is C17H28NO2P. The van der Waals surface area contributed by atoms with Gasteiger partial charge in [0.05, 0.1) is 6.61 Å². The molecule has 21 heavy (non-hydrogen) atoms. The molecule has 1 aromatic rings. The van der Waals surface area contributed by atoms with E-state index in [4.69, 9.17) is 15.2 Å². The molecule has 1 aliphatic carbocycles. The van der Waals surface area contributed by atoms with Crippen LogP contribution in [0.5, 0.6) is 0 Å². The largest absolute Gasteiger partial charge is 0.352 e. The van der Waals surface area contributed by atoms with Crippen molar-refractivity contribution in [2.45, 2.75) is 63.3 Å². The second-order valence-corrected chi connectivity index (χ2v) is 6.85. The first-order valence-electron chi connectivity index (χ1n) is 8.05. The van der Waals surface area contributed by atoms with Gasteiger partial charge in [-0.2, -0.15) is 0 Å². The molecule has 0 aliphatic heterocycles. The molecule has 1 aliphatic rings. The molecule has 3 atom stereocenters. The number of nitrogens with two attached hydrogens (primary N) is 1. The Balaban J connectivity index is 1.97. The highest BCUT2D eigenvalue weighted by atomic mass is 31.1. The van der Waals surface area contributed by atoms with Gasteiger partial charge in [-0.1, -0.05) is 44.0 Å². The normalized spacial score (nSPS) is 26.5. The molecule has 0 radical (unpaired) electrons. The average molecular weight is 309 g/mol. The summed E-state index contributed by atoms with van der Waals surface area (Å²) in [5, 5.41) is 0. The van der Waals surface area contributed by atoms with Crippen molar-refractivity contribution < 1.29 is 9.42 Å². The summed E-state index contributed by atoms with van der Waals surface area (Å²) in [5.74, 6) is 0.523. The molecule has 0 spiro atoms. The Labute approximate surface area is 130 Å². The Bertz CT molecular complexity index is 423. The number of hydrogen-bond acceptors (Lipinski definition) is 3. The predicted octanol–water partition coefficient (Wildman–Crippen LogP) is 3.90. The number of hydrogen-bond donors (Lipinski definition) is 2. The van der Waals surface area contributed by atoms with Gasteiger partial charge in [0.1, 0.15) is 0 Å². The average Bonchev–Trinajstić information content (AvgIpc) is 2.51. The van der Waals surface area contributed by atoms with Gasteiger partial charge in [0.25, 0.3) is 0 Å². The lowest BCUT2D eigenvalue weighted by molar-refractivity contribution is 0.168. The van der Waals surface area contributed by atoms with Gasteiger partial charge >= 0.3 is 0 Å². The van der Waals surface area contributed by atoms with Gasteiger partial charge in [-0.25, -0.2) is 0 Å². The van der Waals surface area contributed by atoms with E-state index in [1.54, 1.807) is 0 Å². The third kappa shape index (κ3) is 5.03. The fourth-order valence-corrected chi connectivity index (χ4v) is 3.68. The zero-order chi connectivity index (χ0) is 15.1. The van der Waals surface area contributed by atoms with Crippen molar-refractivity contribution in [2.75, 3.05) is 6.61 Å². The minimum atomic E-state index is -0.461. The molecule has 118 valence electrons. The zero-order valence-corrected chi connectivity index (χ0v) is 14.0. The predicted molar refractivity (Wildman–Crippen MR) is 89.7 cm³/mol. The molecule has 3 unspecified atom stereocenters. The molecule has 4 heteroatoms. The minimum absolute atomic E-state index is 0.278. The third-order valence-electron chi connectivity index (χ3n) is 4.57. The zero-order valence-electron chi connectivity index (χ0n) is 13.0. The first-order valence-corrected chi connectivity index (χ1v) is 8.91. The summed E-state index contributed by atoms with van der Waals surface area (Å²) in [6.07, 6.45) is 7.95. The Kier molecular flexibility index (Phi) is 6.63. The molecule has 1 aromatic carbocycles. The summed E-state index contributed by atoms with van der Waals surface area (Å²) >= 11 is 0. The summed E-state index contributed by atoms with van der Waals surface area (Å²) in [5.41, 5.74) is 8.99. The second kappa shape index (κ2) is 8.24. The molecule has 0 saturated heterocycles. The van der Waals surface area contributed by atoms with Crippen molar-refractivity contribution in [2.24, 2.45) is 5.73 Å². The number of benzene rings is 1. The van der Waals surface area contributed by atoms with E-state index in [9.17, 15) is 0 Å². The molecule has 2 rings (SSSR count). The summed E-state index contributed by atoms with van der Waals surface area (Å²) in [6, 6.07) is 9.08. The summed E-state index contributed by atoms with van der Waals surface area (Å²) in [7, 11) is -0.461. The van der Waals surface area contributed by atoms with Gasteiger partial charge in [-0.15, -0.1) is 0 Å². The monoisotopic (exact) mass is 309 g/mol. The van der Waals surface area contributed by atoms with Crippen molar-refractivity contribution in [3.63, 3.8) is 0 Å². The molecule has 0 bridgehead atoms. The van der Waals surface area contributed by atoms with Crippen LogP contribution in [-0.2, 0) is 10.9 Å². The van der Waals surface area contributed by atoms with Crippen LogP contribution in [-0.4, -0.2) is 17.0 Å². The van der Waals surface area contributed by atoms with Crippen molar-refractivity contribution in [1.29, 1.82) is 0 Å². The molecule has 0 aromatic heterocycles. The molecule has 3 N–H and O–H groups in total. The van der Waals surface area contributed by atoms with E-state index in [0.29, 0.717) is 12.5 Å². The van der Waals surface area contributed by atoms with E-state index in [1.165, 1.54) is 36.8 Å². The molecule has 1 saturated carbocycles. The Hall–Kier alpha value is -0.470. The van der Waals surface area contributed by atoms with Crippen LogP contribution in [0.25, 0.3) is 0 Å². The topological polar surface area (TPSA) is 55.5 Å². The Morgan fingerprint density at radius 1 is 1.38 bits per heavy atom. The fourth-order valence-electron chi connectivity index (χ4n) is 3.32.